The fourth-order valence-electron chi connectivity index (χ4n) is 6.04. The minimum absolute atomic E-state index is 0.0730. The minimum Gasteiger partial charge on any atom is -0.332 e. The Hall–Kier alpha value is -4.44. The maximum Gasteiger partial charge on any atom is 0.154 e. The van der Waals surface area contributed by atoms with Crippen molar-refractivity contribution in [3.05, 3.63) is 138 Å². The van der Waals surface area contributed by atoms with Crippen molar-refractivity contribution in [1.29, 1.82) is 0 Å². The molecule has 0 saturated heterocycles. The largest absolute Gasteiger partial charge is 0.332 e. The van der Waals surface area contributed by atoms with E-state index in [0.717, 1.165) is 29.2 Å². The van der Waals surface area contributed by atoms with Gasteiger partial charge in [0.25, 0.3) is 0 Å². The Kier molecular flexibility index (Phi) is 9.02. The van der Waals surface area contributed by atoms with Crippen LogP contribution in [0.25, 0.3) is 5.57 Å². The lowest BCUT2D eigenvalue weighted by Crippen LogP contribution is -2.42. The third-order valence-electron chi connectivity index (χ3n) is 7.92. The van der Waals surface area contributed by atoms with E-state index >= 15 is 0 Å². The number of rotatable bonds is 9. The number of anilines is 3. The van der Waals surface area contributed by atoms with Crippen molar-refractivity contribution >= 4 is 28.5 Å². The number of allylic oxidation sites excluding steroid dienone is 4. The number of pyridine rings is 1. The number of hydrogen-bond donors (Lipinski definition) is 0. The van der Waals surface area contributed by atoms with Crippen molar-refractivity contribution in [1.82, 2.24) is 4.98 Å². The quantitative estimate of drug-likeness (QED) is 0.152. The molecule has 2 atom stereocenters. The van der Waals surface area contributed by atoms with Crippen LogP contribution in [0.3, 0.4) is 0 Å². The summed E-state index contributed by atoms with van der Waals surface area (Å²) in [6.07, 6.45) is 7.55. The van der Waals surface area contributed by atoms with E-state index in [2.05, 4.69) is 154 Å². The van der Waals surface area contributed by atoms with Crippen LogP contribution in [0.4, 0.5) is 17.2 Å². The summed E-state index contributed by atoms with van der Waals surface area (Å²) >= 11 is 0. The van der Waals surface area contributed by atoms with Gasteiger partial charge < -0.3 is 9.80 Å². The molecule has 214 valence electrons. The molecule has 1 aliphatic heterocycles. The molecular weight excluding hydrogens is 512 g/mol. The summed E-state index contributed by atoms with van der Waals surface area (Å²) in [4.78, 5) is 15.0. The first-order valence-electron chi connectivity index (χ1n) is 15.1. The van der Waals surface area contributed by atoms with Crippen LogP contribution in [0, 0.1) is 0 Å². The second kappa shape index (κ2) is 13.0. The van der Waals surface area contributed by atoms with Gasteiger partial charge in [-0.1, -0.05) is 91.9 Å². The van der Waals surface area contributed by atoms with Crippen molar-refractivity contribution in [3.63, 3.8) is 0 Å². The summed E-state index contributed by atoms with van der Waals surface area (Å²) in [6.45, 7) is 13.3. The van der Waals surface area contributed by atoms with Gasteiger partial charge >= 0.3 is 0 Å². The molecular formula is C38H42N4. The van der Waals surface area contributed by atoms with Gasteiger partial charge in [-0.05, 0) is 87.6 Å². The van der Waals surface area contributed by atoms with Crippen LogP contribution in [-0.2, 0) is 0 Å². The Balaban J connectivity index is 1.59. The first kappa shape index (κ1) is 29.1. The third kappa shape index (κ3) is 5.94. The van der Waals surface area contributed by atoms with Crippen molar-refractivity contribution < 1.29 is 0 Å². The van der Waals surface area contributed by atoms with Crippen LogP contribution < -0.4 is 9.80 Å². The smallest absolute Gasteiger partial charge is 0.154 e. The Morgan fingerprint density at radius 3 is 2.12 bits per heavy atom. The van der Waals surface area contributed by atoms with Gasteiger partial charge in [0, 0.05) is 23.5 Å². The number of fused-ring (bicyclic) bond motifs is 1. The first-order chi connectivity index (χ1) is 20.4. The molecule has 2 unspecified atom stereocenters. The number of hydrogen-bond acceptors (Lipinski definition) is 4. The van der Waals surface area contributed by atoms with E-state index in [1.165, 1.54) is 28.0 Å². The zero-order valence-corrected chi connectivity index (χ0v) is 25.7. The number of aromatic nitrogens is 1. The fourth-order valence-corrected chi connectivity index (χ4v) is 6.04. The first-order valence-corrected chi connectivity index (χ1v) is 15.1. The summed E-state index contributed by atoms with van der Waals surface area (Å²) in [7, 11) is 0. The summed E-state index contributed by atoms with van der Waals surface area (Å²) in [6, 6.07) is 34.3. The molecule has 0 N–H and O–H groups in total. The molecule has 0 bridgehead atoms. The highest BCUT2D eigenvalue weighted by atomic mass is 15.4. The van der Waals surface area contributed by atoms with Crippen molar-refractivity contribution in [2.75, 3.05) is 9.80 Å². The van der Waals surface area contributed by atoms with E-state index in [1.54, 1.807) is 0 Å². The maximum absolute atomic E-state index is 5.42. The van der Waals surface area contributed by atoms with E-state index in [4.69, 9.17) is 9.98 Å². The summed E-state index contributed by atoms with van der Waals surface area (Å²) < 4.78 is 0. The Labute approximate surface area is 251 Å². The lowest BCUT2D eigenvalue weighted by Gasteiger charge is -2.33. The average molecular weight is 555 g/mol. The second-order valence-electron chi connectivity index (χ2n) is 11.2. The Morgan fingerprint density at radius 1 is 0.833 bits per heavy atom. The standard InChI is InChI=1S/C38H42N4/c1-7-17-33(31-18-10-8-11-19-31)28(4)26-35(32-20-12-9-13-21-32)40-29(5)34-22-14-15-23-36(34)42-30(6)41(27(2)3)38-37(42)24-16-25-39-38/h8-27,29-30H,7H2,1-6H3/b28-26-,33-17+,40-35?. The van der Waals surface area contributed by atoms with Gasteiger partial charge in [-0.15, -0.1) is 0 Å². The molecule has 4 nitrogen and oxygen atoms in total. The highest BCUT2D eigenvalue weighted by molar-refractivity contribution is 6.10. The van der Waals surface area contributed by atoms with Gasteiger partial charge in [-0.25, -0.2) is 4.98 Å². The van der Waals surface area contributed by atoms with Gasteiger partial charge in [0.2, 0.25) is 0 Å². The molecule has 4 aromatic rings. The van der Waals surface area contributed by atoms with E-state index < -0.39 is 0 Å². The van der Waals surface area contributed by atoms with Gasteiger partial charge in [-0.2, -0.15) is 0 Å². The zero-order chi connectivity index (χ0) is 29.6. The topological polar surface area (TPSA) is 31.7 Å². The highest BCUT2D eigenvalue weighted by Gasteiger charge is 2.37. The van der Waals surface area contributed by atoms with Crippen LogP contribution in [-0.4, -0.2) is 22.9 Å². The summed E-state index contributed by atoms with van der Waals surface area (Å²) in [5.41, 5.74) is 9.26. The predicted molar refractivity (Wildman–Crippen MR) is 180 cm³/mol. The van der Waals surface area contributed by atoms with Gasteiger partial charge in [0.15, 0.2) is 5.82 Å². The van der Waals surface area contributed by atoms with Gasteiger partial charge in [0.05, 0.1) is 17.4 Å². The predicted octanol–water partition coefficient (Wildman–Crippen LogP) is 9.78. The molecule has 0 spiro atoms. The van der Waals surface area contributed by atoms with E-state index in [1.807, 2.05) is 12.3 Å². The number of nitrogens with zero attached hydrogens (tertiary/aromatic N) is 4. The molecule has 0 fully saturated rings. The Bertz CT molecular complexity index is 1580. The summed E-state index contributed by atoms with van der Waals surface area (Å²) in [5, 5.41) is 0. The van der Waals surface area contributed by atoms with Crippen molar-refractivity contribution in [2.45, 2.75) is 66.2 Å². The molecule has 3 aromatic carbocycles. The molecule has 0 radical (unpaired) electrons. The van der Waals surface area contributed by atoms with Crippen LogP contribution >= 0.6 is 0 Å². The van der Waals surface area contributed by atoms with Crippen LogP contribution in [0.5, 0.6) is 0 Å². The molecule has 42 heavy (non-hydrogen) atoms. The molecule has 4 heteroatoms. The molecule has 0 aliphatic carbocycles. The van der Waals surface area contributed by atoms with Gasteiger partial charge in [0.1, 0.15) is 6.17 Å². The van der Waals surface area contributed by atoms with Crippen LogP contribution in [0.2, 0.25) is 0 Å². The highest BCUT2D eigenvalue weighted by Crippen LogP contribution is 2.45. The number of benzene rings is 3. The third-order valence-corrected chi connectivity index (χ3v) is 7.92. The van der Waals surface area contributed by atoms with E-state index in [0.29, 0.717) is 6.04 Å². The SMILES string of the molecule is CC/C=C(\C(C)=C/C(=NC(C)c1ccccc1N1c2cccnc2N(C(C)C)C1C)c1ccccc1)c1ccccc1. The van der Waals surface area contributed by atoms with Gasteiger partial charge in [-0.3, -0.25) is 4.99 Å². The van der Waals surface area contributed by atoms with Crippen molar-refractivity contribution in [2.24, 2.45) is 4.99 Å². The minimum atomic E-state index is -0.0730. The Morgan fingerprint density at radius 2 is 1.45 bits per heavy atom. The zero-order valence-electron chi connectivity index (χ0n) is 25.7. The number of aliphatic imine (C=N–C) groups is 1. The molecule has 1 aliphatic rings. The molecule has 0 amide bonds. The van der Waals surface area contributed by atoms with E-state index in [9.17, 15) is 0 Å². The lowest BCUT2D eigenvalue weighted by atomic mass is 9.95. The normalized spacial score (nSPS) is 16.6. The summed E-state index contributed by atoms with van der Waals surface area (Å²) in [5.74, 6) is 1.03. The monoisotopic (exact) mass is 554 g/mol. The maximum atomic E-state index is 5.42. The molecule has 2 heterocycles. The molecule has 5 rings (SSSR count). The lowest BCUT2D eigenvalue weighted by molar-refractivity contribution is 0.600. The fraction of sp³-hybridized carbons (Fsp3) is 0.263. The number of para-hydroxylation sites is 1. The van der Waals surface area contributed by atoms with E-state index in [-0.39, 0.29) is 12.2 Å². The van der Waals surface area contributed by atoms with Crippen molar-refractivity contribution in [3.8, 4) is 0 Å². The molecule has 1 aromatic heterocycles. The van der Waals surface area contributed by atoms with Crippen LogP contribution in [0.1, 0.15) is 70.7 Å². The second-order valence-corrected chi connectivity index (χ2v) is 11.2. The molecule has 0 saturated carbocycles. The van der Waals surface area contributed by atoms with Crippen LogP contribution in [0.15, 0.2) is 126 Å². The average Bonchev–Trinajstić information content (AvgIpc) is 3.31.